The molecule has 4 aromatic rings. The molecular formula is C27H23NO. The smallest absolute Gasteiger partial charge is 0.135 e. The van der Waals surface area contributed by atoms with Crippen LogP contribution in [0.15, 0.2) is 84.8 Å². The Labute approximate surface area is 170 Å². The van der Waals surface area contributed by atoms with Gasteiger partial charge in [-0.3, -0.25) is 0 Å². The van der Waals surface area contributed by atoms with Gasteiger partial charge in [0.25, 0.3) is 0 Å². The van der Waals surface area contributed by atoms with Gasteiger partial charge < -0.3 is 8.98 Å². The van der Waals surface area contributed by atoms with Gasteiger partial charge in [-0.25, -0.2) is 0 Å². The number of para-hydroxylation sites is 2. The van der Waals surface area contributed by atoms with Crippen LogP contribution in [0, 0.1) is 0 Å². The Balaban J connectivity index is 2.13. The molecule has 2 nitrogen and oxygen atoms in total. The van der Waals surface area contributed by atoms with Crippen LogP contribution in [0.25, 0.3) is 51.9 Å². The largest absolute Gasteiger partial charge is 0.456 e. The molecule has 0 spiro atoms. The monoisotopic (exact) mass is 377 g/mol. The number of allylic oxidation sites excluding steroid dienone is 3. The Bertz CT molecular complexity index is 1410. The number of benzene rings is 2. The predicted octanol–water partition coefficient (Wildman–Crippen LogP) is 5.98. The second-order valence-corrected chi connectivity index (χ2v) is 6.70. The Morgan fingerprint density at radius 2 is 1.69 bits per heavy atom. The quantitative estimate of drug-likeness (QED) is 0.391. The number of aromatic nitrogens is 1. The summed E-state index contributed by atoms with van der Waals surface area (Å²) in [5.41, 5.74) is 3.91. The van der Waals surface area contributed by atoms with Crippen LogP contribution >= 0.6 is 0 Å². The van der Waals surface area contributed by atoms with Crippen molar-refractivity contribution >= 4 is 51.9 Å². The molecule has 2 heteroatoms. The summed E-state index contributed by atoms with van der Waals surface area (Å²) < 4.78 is 8.20. The van der Waals surface area contributed by atoms with Crippen molar-refractivity contribution in [3.8, 4) is 0 Å². The SMILES string of the molecule is C=C/C=c1\c(=C/C)c2ccccc2n1/C(C=C)=C/c1c(C=C)oc2ccccc12. The highest BCUT2D eigenvalue weighted by Gasteiger charge is 2.13. The van der Waals surface area contributed by atoms with Gasteiger partial charge in [0.2, 0.25) is 0 Å². The Kier molecular flexibility index (Phi) is 4.92. The van der Waals surface area contributed by atoms with Crippen LogP contribution in [-0.2, 0) is 0 Å². The van der Waals surface area contributed by atoms with Crippen LogP contribution in [0.1, 0.15) is 18.2 Å². The molecule has 0 aliphatic heterocycles. The summed E-state index contributed by atoms with van der Waals surface area (Å²) in [4.78, 5) is 0. The summed E-state index contributed by atoms with van der Waals surface area (Å²) in [5.74, 6) is 0.749. The van der Waals surface area contributed by atoms with Crippen molar-refractivity contribution in [2.45, 2.75) is 6.92 Å². The van der Waals surface area contributed by atoms with Crippen molar-refractivity contribution in [3.63, 3.8) is 0 Å². The highest BCUT2D eigenvalue weighted by molar-refractivity contribution is 5.97. The van der Waals surface area contributed by atoms with E-state index in [1.165, 1.54) is 10.6 Å². The van der Waals surface area contributed by atoms with Gasteiger partial charge in [-0.15, -0.1) is 0 Å². The van der Waals surface area contributed by atoms with Gasteiger partial charge in [0, 0.05) is 27.3 Å². The molecule has 142 valence electrons. The average molecular weight is 377 g/mol. The maximum Gasteiger partial charge on any atom is 0.135 e. The maximum absolute atomic E-state index is 5.98. The molecule has 0 unspecified atom stereocenters. The molecular weight excluding hydrogens is 354 g/mol. The zero-order chi connectivity index (χ0) is 20.4. The molecule has 4 rings (SSSR count). The molecule has 0 aliphatic carbocycles. The van der Waals surface area contributed by atoms with E-state index in [1.807, 2.05) is 36.4 Å². The molecule has 2 heterocycles. The topological polar surface area (TPSA) is 18.1 Å². The molecule has 2 aromatic heterocycles. The minimum absolute atomic E-state index is 0.749. The minimum Gasteiger partial charge on any atom is -0.456 e. The van der Waals surface area contributed by atoms with E-state index in [2.05, 4.69) is 73.7 Å². The molecule has 0 fully saturated rings. The molecule has 2 aromatic carbocycles. The molecule has 0 amide bonds. The van der Waals surface area contributed by atoms with Gasteiger partial charge in [-0.2, -0.15) is 0 Å². The number of hydrogen-bond acceptors (Lipinski definition) is 1. The van der Waals surface area contributed by atoms with Crippen LogP contribution in [0.2, 0.25) is 0 Å². The molecule has 0 saturated heterocycles. The summed E-state index contributed by atoms with van der Waals surface area (Å²) in [7, 11) is 0. The highest BCUT2D eigenvalue weighted by Crippen LogP contribution is 2.30. The van der Waals surface area contributed by atoms with E-state index in [1.54, 1.807) is 6.08 Å². The van der Waals surface area contributed by atoms with Crippen molar-refractivity contribution in [2.24, 2.45) is 0 Å². The van der Waals surface area contributed by atoms with Gasteiger partial charge in [0.05, 0.1) is 10.9 Å². The molecule has 0 aliphatic rings. The second kappa shape index (κ2) is 7.69. The fourth-order valence-electron chi connectivity index (χ4n) is 3.89. The third kappa shape index (κ3) is 2.99. The number of fused-ring (bicyclic) bond motifs is 2. The zero-order valence-electron chi connectivity index (χ0n) is 16.6. The first-order valence-corrected chi connectivity index (χ1v) is 9.60. The molecule has 0 bridgehead atoms. The van der Waals surface area contributed by atoms with Gasteiger partial charge in [0.15, 0.2) is 0 Å². The van der Waals surface area contributed by atoms with Crippen LogP contribution < -0.4 is 10.6 Å². The van der Waals surface area contributed by atoms with Gasteiger partial charge in [0.1, 0.15) is 11.3 Å². The van der Waals surface area contributed by atoms with Crippen molar-refractivity contribution < 1.29 is 4.42 Å². The third-order valence-electron chi connectivity index (χ3n) is 5.12. The normalized spacial score (nSPS) is 13.3. The average Bonchev–Trinajstić information content (AvgIpc) is 3.27. The van der Waals surface area contributed by atoms with Crippen molar-refractivity contribution in [2.75, 3.05) is 0 Å². The molecule has 0 atom stereocenters. The third-order valence-corrected chi connectivity index (χ3v) is 5.12. The fourth-order valence-corrected chi connectivity index (χ4v) is 3.89. The van der Waals surface area contributed by atoms with Crippen LogP contribution in [0.3, 0.4) is 0 Å². The first kappa shape index (κ1) is 18.6. The molecule has 0 N–H and O–H groups in total. The van der Waals surface area contributed by atoms with E-state index in [0.29, 0.717) is 0 Å². The molecule has 29 heavy (non-hydrogen) atoms. The van der Waals surface area contributed by atoms with Crippen molar-refractivity contribution in [1.82, 2.24) is 4.57 Å². The lowest BCUT2D eigenvalue weighted by atomic mass is 10.1. The lowest BCUT2D eigenvalue weighted by Crippen LogP contribution is -2.28. The van der Waals surface area contributed by atoms with E-state index in [-0.39, 0.29) is 0 Å². The lowest BCUT2D eigenvalue weighted by molar-refractivity contribution is 0.603. The minimum atomic E-state index is 0.749. The molecule has 0 radical (unpaired) electrons. The van der Waals surface area contributed by atoms with E-state index in [9.17, 15) is 0 Å². The Morgan fingerprint density at radius 3 is 2.38 bits per heavy atom. The Hall–Kier alpha value is -3.78. The summed E-state index contributed by atoms with van der Waals surface area (Å²) in [5, 5.41) is 4.49. The fraction of sp³-hybridized carbons (Fsp3) is 0.0370. The Morgan fingerprint density at radius 1 is 0.966 bits per heavy atom. The second-order valence-electron chi connectivity index (χ2n) is 6.70. The summed E-state index contributed by atoms with van der Waals surface area (Å²) in [6, 6.07) is 16.4. The van der Waals surface area contributed by atoms with E-state index in [0.717, 1.165) is 38.9 Å². The summed E-state index contributed by atoms with van der Waals surface area (Å²) in [6.07, 6.45) is 11.7. The van der Waals surface area contributed by atoms with E-state index >= 15 is 0 Å². The van der Waals surface area contributed by atoms with Crippen molar-refractivity contribution in [3.05, 3.63) is 102 Å². The van der Waals surface area contributed by atoms with Crippen LogP contribution in [0.4, 0.5) is 0 Å². The molecule has 0 saturated carbocycles. The van der Waals surface area contributed by atoms with Crippen LogP contribution in [-0.4, -0.2) is 4.57 Å². The first-order valence-electron chi connectivity index (χ1n) is 9.60. The lowest BCUT2D eigenvalue weighted by Gasteiger charge is -2.08. The van der Waals surface area contributed by atoms with Crippen molar-refractivity contribution in [1.29, 1.82) is 0 Å². The number of hydrogen-bond donors (Lipinski definition) is 0. The number of furan rings is 1. The highest BCUT2D eigenvalue weighted by atomic mass is 16.3. The van der Waals surface area contributed by atoms with Gasteiger partial charge in [-0.1, -0.05) is 68.3 Å². The maximum atomic E-state index is 5.98. The first-order chi connectivity index (χ1) is 14.2. The number of rotatable bonds is 5. The van der Waals surface area contributed by atoms with Gasteiger partial charge >= 0.3 is 0 Å². The zero-order valence-corrected chi connectivity index (χ0v) is 16.6. The van der Waals surface area contributed by atoms with Gasteiger partial charge in [-0.05, 0) is 43.4 Å². The van der Waals surface area contributed by atoms with E-state index < -0.39 is 0 Å². The number of nitrogens with zero attached hydrogens (tertiary/aromatic N) is 1. The standard InChI is InChI=1S/C27H23NO/c1-5-13-24-20(7-3)21-14-9-11-16-25(21)28(24)19(6-2)18-23-22-15-10-12-17-27(22)29-26(23)8-4/h5-18H,1-2,4H2,3H3/b19-18+,20-7-,24-13+. The summed E-state index contributed by atoms with van der Waals surface area (Å²) >= 11 is 0. The predicted molar refractivity (Wildman–Crippen MR) is 127 cm³/mol. The van der Waals surface area contributed by atoms with E-state index in [4.69, 9.17) is 4.42 Å². The summed E-state index contributed by atoms with van der Waals surface area (Å²) in [6.45, 7) is 14.0. The van der Waals surface area contributed by atoms with Crippen LogP contribution in [0.5, 0.6) is 0 Å².